The zero-order chi connectivity index (χ0) is 19.4. The summed E-state index contributed by atoms with van der Waals surface area (Å²) in [5.74, 6) is -1.00. The maximum atomic E-state index is 13.7. The molecule has 0 bridgehead atoms. The average Bonchev–Trinajstić information content (AvgIpc) is 3.04. The van der Waals surface area contributed by atoms with Gasteiger partial charge in [-0.15, -0.1) is 0 Å². The quantitative estimate of drug-likeness (QED) is 0.514. The van der Waals surface area contributed by atoms with Gasteiger partial charge in [-0.25, -0.2) is 4.39 Å². The number of benzene rings is 2. The SMILES string of the molecule is COc1ccc(-[n+]2noc([O-])c2SC(C)C(=O)Nc2ccccc2F)cc1. The number of nitrogens with zero attached hydrogens (tertiary/aromatic N) is 2. The molecule has 0 radical (unpaired) electrons. The van der Waals surface area contributed by atoms with E-state index in [2.05, 4.69) is 10.6 Å². The molecule has 27 heavy (non-hydrogen) atoms. The van der Waals surface area contributed by atoms with E-state index in [1.165, 1.54) is 22.9 Å². The second-order valence-electron chi connectivity index (χ2n) is 5.50. The fourth-order valence-corrected chi connectivity index (χ4v) is 3.12. The lowest BCUT2D eigenvalue weighted by atomic mass is 10.3. The van der Waals surface area contributed by atoms with Crippen LogP contribution in [-0.4, -0.2) is 23.5 Å². The van der Waals surface area contributed by atoms with Gasteiger partial charge in [-0.2, -0.15) is 0 Å². The molecule has 0 aliphatic rings. The van der Waals surface area contributed by atoms with Crippen molar-refractivity contribution >= 4 is 23.4 Å². The van der Waals surface area contributed by atoms with Crippen molar-refractivity contribution in [3.63, 3.8) is 0 Å². The molecule has 140 valence electrons. The zero-order valence-electron chi connectivity index (χ0n) is 14.5. The third kappa shape index (κ3) is 4.20. The Balaban J connectivity index is 1.77. The van der Waals surface area contributed by atoms with E-state index in [1.54, 1.807) is 44.4 Å². The zero-order valence-corrected chi connectivity index (χ0v) is 15.3. The first-order chi connectivity index (χ1) is 13.0. The number of carbonyl (C=O) groups excluding carboxylic acids is 1. The van der Waals surface area contributed by atoms with Crippen LogP contribution in [0.15, 0.2) is 58.1 Å². The topological polar surface area (TPSA) is 91.3 Å². The normalized spacial score (nSPS) is 11.8. The van der Waals surface area contributed by atoms with Crippen molar-refractivity contribution in [2.45, 2.75) is 17.2 Å². The van der Waals surface area contributed by atoms with E-state index >= 15 is 0 Å². The Kier molecular flexibility index (Phi) is 5.60. The second kappa shape index (κ2) is 8.09. The van der Waals surface area contributed by atoms with Crippen LogP contribution in [0.3, 0.4) is 0 Å². The minimum absolute atomic E-state index is 0.0747. The number of amides is 1. The van der Waals surface area contributed by atoms with Crippen molar-refractivity contribution in [3.05, 3.63) is 54.3 Å². The maximum absolute atomic E-state index is 13.7. The van der Waals surface area contributed by atoms with Gasteiger partial charge in [0.1, 0.15) is 11.6 Å². The molecule has 1 atom stereocenters. The number of methoxy groups -OCH3 is 1. The van der Waals surface area contributed by atoms with Crippen LogP contribution in [0.2, 0.25) is 0 Å². The Morgan fingerprint density at radius 2 is 2.00 bits per heavy atom. The van der Waals surface area contributed by atoms with E-state index in [9.17, 15) is 14.3 Å². The van der Waals surface area contributed by atoms with Crippen molar-refractivity contribution in [1.29, 1.82) is 0 Å². The third-order valence-electron chi connectivity index (χ3n) is 3.68. The summed E-state index contributed by atoms with van der Waals surface area (Å²) in [4.78, 5) is 12.4. The molecule has 3 aromatic rings. The fraction of sp³-hybridized carbons (Fsp3) is 0.167. The minimum Gasteiger partial charge on any atom is -0.538 e. The summed E-state index contributed by atoms with van der Waals surface area (Å²) in [6.07, 6.45) is 0. The highest BCUT2D eigenvalue weighted by Crippen LogP contribution is 2.28. The number of anilines is 1. The number of ether oxygens (including phenoxy) is 1. The van der Waals surface area contributed by atoms with Gasteiger partial charge in [0.25, 0.3) is 5.03 Å². The predicted octanol–water partition coefficient (Wildman–Crippen LogP) is 2.29. The predicted molar refractivity (Wildman–Crippen MR) is 94.4 cm³/mol. The van der Waals surface area contributed by atoms with Crippen LogP contribution < -0.4 is 19.8 Å². The molecule has 0 spiro atoms. The second-order valence-corrected chi connectivity index (χ2v) is 6.83. The molecule has 2 aromatic carbocycles. The summed E-state index contributed by atoms with van der Waals surface area (Å²) in [6, 6.07) is 12.7. The van der Waals surface area contributed by atoms with E-state index in [1.807, 2.05) is 0 Å². The monoisotopic (exact) mass is 389 g/mol. The van der Waals surface area contributed by atoms with Gasteiger partial charge >= 0.3 is 0 Å². The van der Waals surface area contributed by atoms with Crippen LogP contribution in [0, 0.1) is 5.82 Å². The molecule has 0 saturated heterocycles. The first-order valence-electron chi connectivity index (χ1n) is 7.95. The molecule has 9 heteroatoms. The Morgan fingerprint density at radius 1 is 1.30 bits per heavy atom. The summed E-state index contributed by atoms with van der Waals surface area (Å²) in [5, 5.41) is 17.7. The number of carbonyl (C=O) groups is 1. The van der Waals surface area contributed by atoms with E-state index < -0.39 is 22.9 Å². The molecule has 0 saturated carbocycles. The lowest BCUT2D eigenvalue weighted by molar-refractivity contribution is -0.705. The van der Waals surface area contributed by atoms with Gasteiger partial charge in [0, 0.05) is 12.1 Å². The Labute approximate surface area is 158 Å². The van der Waals surface area contributed by atoms with E-state index in [0.717, 1.165) is 11.8 Å². The highest BCUT2D eigenvalue weighted by Gasteiger charge is 2.27. The number of nitrogens with one attached hydrogen (secondary N) is 1. The third-order valence-corrected chi connectivity index (χ3v) is 4.81. The molecule has 1 amide bonds. The number of hydrogen-bond donors (Lipinski definition) is 1. The first kappa shape index (κ1) is 18.7. The molecular formula is C18H16FN3O4S. The summed E-state index contributed by atoms with van der Waals surface area (Å²) < 4.78 is 24.8. The molecule has 7 nitrogen and oxygen atoms in total. The van der Waals surface area contributed by atoms with Crippen molar-refractivity contribution in [3.8, 4) is 17.4 Å². The van der Waals surface area contributed by atoms with Crippen LogP contribution >= 0.6 is 11.8 Å². The van der Waals surface area contributed by atoms with Gasteiger partial charge in [0.15, 0.2) is 5.95 Å². The Bertz CT molecular complexity index is 946. The number of rotatable bonds is 6. The molecule has 1 heterocycles. The Morgan fingerprint density at radius 3 is 2.67 bits per heavy atom. The molecule has 0 fully saturated rings. The molecule has 1 N–H and O–H groups in total. The van der Waals surface area contributed by atoms with Crippen LogP contribution in [0.25, 0.3) is 5.69 Å². The molecule has 0 aliphatic carbocycles. The van der Waals surface area contributed by atoms with Gasteiger partial charge in [0.2, 0.25) is 11.6 Å². The van der Waals surface area contributed by atoms with Crippen molar-refractivity contribution in [2.75, 3.05) is 12.4 Å². The number of thioether (sulfide) groups is 1. The summed E-state index contributed by atoms with van der Waals surface area (Å²) in [7, 11) is 1.55. The molecule has 1 unspecified atom stereocenters. The lowest BCUT2D eigenvalue weighted by Crippen LogP contribution is -2.36. The number of para-hydroxylation sites is 1. The highest BCUT2D eigenvalue weighted by atomic mass is 32.2. The van der Waals surface area contributed by atoms with E-state index in [0.29, 0.717) is 11.4 Å². The van der Waals surface area contributed by atoms with E-state index in [4.69, 9.17) is 9.26 Å². The van der Waals surface area contributed by atoms with Crippen LogP contribution in [0.1, 0.15) is 6.92 Å². The highest BCUT2D eigenvalue weighted by molar-refractivity contribution is 8.00. The fourth-order valence-electron chi connectivity index (χ4n) is 2.24. The van der Waals surface area contributed by atoms with Gasteiger partial charge in [-0.3, -0.25) is 4.79 Å². The molecular weight excluding hydrogens is 373 g/mol. The molecule has 1 aromatic heterocycles. The summed E-state index contributed by atoms with van der Waals surface area (Å²) >= 11 is 0.970. The largest absolute Gasteiger partial charge is 0.538 e. The van der Waals surface area contributed by atoms with Gasteiger partial charge in [-0.05, 0) is 47.6 Å². The smallest absolute Gasteiger partial charge is 0.298 e. The summed E-state index contributed by atoms with van der Waals surface area (Å²) in [6.45, 7) is 1.60. The van der Waals surface area contributed by atoms with Crippen LogP contribution in [0.4, 0.5) is 10.1 Å². The van der Waals surface area contributed by atoms with E-state index in [-0.39, 0.29) is 10.7 Å². The lowest BCUT2D eigenvalue weighted by Gasteiger charge is -2.10. The van der Waals surface area contributed by atoms with Crippen molar-refractivity contribution in [1.82, 2.24) is 5.27 Å². The maximum Gasteiger partial charge on any atom is 0.298 e. The van der Waals surface area contributed by atoms with Gasteiger partial charge in [0.05, 0.1) is 23.3 Å². The molecule has 0 aliphatic heterocycles. The number of hydrogen-bond acceptors (Lipinski definition) is 6. The average molecular weight is 389 g/mol. The minimum atomic E-state index is -0.693. The standard InChI is InChI=1S/C18H16FN3O4S/c1-11(16(23)20-15-6-4-3-5-14(15)19)27-17-18(24)26-21-22(17)12-7-9-13(25-2)10-8-12/h3-11H,1-2H3,(H-,20,21,23,24). The van der Waals surface area contributed by atoms with Gasteiger partial charge < -0.3 is 19.7 Å². The van der Waals surface area contributed by atoms with Crippen molar-refractivity contribution < 1.29 is 28.2 Å². The number of halogens is 1. The number of aromatic nitrogens is 2. The Hall–Kier alpha value is -3.07. The van der Waals surface area contributed by atoms with Crippen LogP contribution in [0.5, 0.6) is 11.7 Å². The molecule has 3 rings (SSSR count). The summed E-state index contributed by atoms with van der Waals surface area (Å²) in [5.41, 5.74) is 0.650. The van der Waals surface area contributed by atoms with Crippen LogP contribution in [-0.2, 0) is 4.79 Å². The van der Waals surface area contributed by atoms with Crippen molar-refractivity contribution in [2.24, 2.45) is 0 Å². The first-order valence-corrected chi connectivity index (χ1v) is 8.83. The van der Waals surface area contributed by atoms with Gasteiger partial charge in [-0.1, -0.05) is 12.1 Å².